The molecular formula is C28H37N5O5S. The Morgan fingerprint density at radius 1 is 0.949 bits per heavy atom. The Morgan fingerprint density at radius 3 is 2.08 bits per heavy atom. The van der Waals surface area contributed by atoms with E-state index in [0.717, 1.165) is 17.4 Å². The van der Waals surface area contributed by atoms with Gasteiger partial charge in [-0.2, -0.15) is 4.31 Å². The topological polar surface area (TPSA) is 128 Å². The molecule has 2 saturated heterocycles. The molecule has 2 aromatic rings. The van der Waals surface area contributed by atoms with Crippen LogP contribution >= 0.6 is 0 Å². The van der Waals surface area contributed by atoms with Crippen LogP contribution in [0.4, 0.5) is 0 Å². The van der Waals surface area contributed by atoms with E-state index in [2.05, 4.69) is 16.0 Å². The van der Waals surface area contributed by atoms with Crippen LogP contribution in [0.2, 0.25) is 0 Å². The normalized spacial score (nSPS) is 23.0. The number of nitrogens with one attached hydrogen (secondary N) is 3. The number of carbonyl (C=O) groups is 3. The number of hydrogen-bond donors (Lipinski definition) is 3. The van der Waals surface area contributed by atoms with Gasteiger partial charge >= 0.3 is 0 Å². The molecule has 3 N–H and O–H groups in total. The van der Waals surface area contributed by atoms with Crippen molar-refractivity contribution in [1.82, 2.24) is 25.2 Å². The lowest BCUT2D eigenvalue weighted by atomic mass is 9.98. The molecule has 2 aliphatic rings. The van der Waals surface area contributed by atoms with Gasteiger partial charge in [-0.3, -0.25) is 14.4 Å². The summed E-state index contributed by atoms with van der Waals surface area (Å²) in [4.78, 5) is 42.0. The first-order valence-corrected chi connectivity index (χ1v) is 15.1. The van der Waals surface area contributed by atoms with E-state index in [9.17, 15) is 22.8 Å². The largest absolute Gasteiger partial charge is 0.343 e. The zero-order valence-corrected chi connectivity index (χ0v) is 23.4. The van der Waals surface area contributed by atoms with Crippen LogP contribution in [0.25, 0.3) is 0 Å². The fourth-order valence-corrected chi connectivity index (χ4v) is 6.19. The van der Waals surface area contributed by atoms with Gasteiger partial charge in [-0.05, 0) is 44.4 Å². The van der Waals surface area contributed by atoms with Crippen molar-refractivity contribution in [1.29, 1.82) is 0 Å². The number of nitrogens with zero attached hydrogens (tertiary/aromatic N) is 2. The van der Waals surface area contributed by atoms with Crippen LogP contribution in [0.5, 0.6) is 0 Å². The standard InChI is InChI=1S/C28H37N5O5S/c1-19(29-2)26(34)30-23-18-32(39(3,37)38)17-16-22-14-15-24(33(22)28(23)36)27(35)31-25(20-10-6-4-7-11-20)21-12-8-5-9-13-21/h4-13,19,22-25,29H,14-18H2,1-3H3,(H,30,34)(H,31,35)/t19-,22+,23-,24-/m0/s1. The van der Waals surface area contributed by atoms with Crippen LogP contribution in [0.3, 0.4) is 0 Å². The number of likely N-dealkylation sites (N-methyl/N-ethyl adjacent to an activating group) is 1. The molecule has 2 heterocycles. The highest BCUT2D eigenvalue weighted by atomic mass is 32.2. The van der Waals surface area contributed by atoms with E-state index in [-0.39, 0.29) is 25.0 Å². The summed E-state index contributed by atoms with van der Waals surface area (Å²) in [6, 6.07) is 16.1. The highest BCUT2D eigenvalue weighted by molar-refractivity contribution is 7.88. The van der Waals surface area contributed by atoms with Gasteiger partial charge < -0.3 is 20.9 Å². The van der Waals surface area contributed by atoms with Gasteiger partial charge in [0.1, 0.15) is 12.1 Å². The second-order valence-corrected chi connectivity index (χ2v) is 12.2. The predicted octanol–water partition coefficient (Wildman–Crippen LogP) is 1.01. The second-order valence-electron chi connectivity index (χ2n) is 10.2. The van der Waals surface area contributed by atoms with Crippen molar-refractivity contribution < 1.29 is 22.8 Å². The summed E-state index contributed by atoms with van der Waals surface area (Å²) in [7, 11) is -1.98. The number of amides is 3. The fraction of sp³-hybridized carbons (Fsp3) is 0.464. The maximum atomic E-state index is 13.9. The number of hydrogen-bond acceptors (Lipinski definition) is 6. The monoisotopic (exact) mass is 555 g/mol. The fourth-order valence-electron chi connectivity index (χ4n) is 5.33. The molecule has 0 saturated carbocycles. The molecule has 210 valence electrons. The third-order valence-electron chi connectivity index (χ3n) is 7.62. The van der Waals surface area contributed by atoms with E-state index in [1.165, 1.54) is 4.31 Å². The van der Waals surface area contributed by atoms with Gasteiger partial charge in [0.15, 0.2) is 0 Å². The van der Waals surface area contributed by atoms with Gasteiger partial charge in [0.2, 0.25) is 27.7 Å². The molecule has 3 amide bonds. The molecule has 10 nitrogen and oxygen atoms in total. The van der Waals surface area contributed by atoms with E-state index in [4.69, 9.17) is 0 Å². The Labute approximate surface area is 230 Å². The second kappa shape index (κ2) is 12.3. The van der Waals surface area contributed by atoms with Crippen molar-refractivity contribution in [2.75, 3.05) is 26.4 Å². The SMILES string of the molecule is CN[C@@H](C)C(=O)N[C@H]1CN(S(C)(=O)=O)CC[C@H]2CC[C@@H](C(=O)NC(c3ccccc3)c3ccccc3)N2C1=O. The molecule has 0 spiro atoms. The van der Waals surface area contributed by atoms with Gasteiger partial charge in [-0.1, -0.05) is 60.7 Å². The molecule has 0 bridgehead atoms. The summed E-state index contributed by atoms with van der Waals surface area (Å²) in [6.45, 7) is 1.67. The molecule has 0 unspecified atom stereocenters. The maximum Gasteiger partial charge on any atom is 0.247 e. The number of rotatable bonds is 8. The van der Waals surface area contributed by atoms with E-state index < -0.39 is 46.0 Å². The minimum absolute atomic E-state index is 0.186. The van der Waals surface area contributed by atoms with Crippen LogP contribution in [0, 0.1) is 0 Å². The van der Waals surface area contributed by atoms with E-state index in [1.807, 2.05) is 60.7 Å². The Hall–Kier alpha value is -3.28. The van der Waals surface area contributed by atoms with Crippen LogP contribution in [0.1, 0.15) is 43.4 Å². The minimum Gasteiger partial charge on any atom is -0.343 e. The van der Waals surface area contributed by atoms with Gasteiger partial charge in [0, 0.05) is 19.1 Å². The molecular weight excluding hydrogens is 518 g/mol. The average Bonchev–Trinajstić information content (AvgIpc) is 3.35. The zero-order chi connectivity index (χ0) is 28.2. The summed E-state index contributed by atoms with van der Waals surface area (Å²) >= 11 is 0. The molecule has 11 heteroatoms. The molecule has 0 aliphatic carbocycles. The van der Waals surface area contributed by atoms with E-state index in [1.54, 1.807) is 18.9 Å². The van der Waals surface area contributed by atoms with Crippen LogP contribution in [-0.4, -0.2) is 85.9 Å². The highest BCUT2D eigenvalue weighted by Gasteiger charge is 2.46. The van der Waals surface area contributed by atoms with Crippen LogP contribution < -0.4 is 16.0 Å². The molecule has 2 aromatic carbocycles. The molecule has 0 aromatic heterocycles. The average molecular weight is 556 g/mol. The van der Waals surface area contributed by atoms with Crippen molar-refractivity contribution in [3.8, 4) is 0 Å². The summed E-state index contributed by atoms with van der Waals surface area (Å²) in [6.07, 6.45) is 2.53. The lowest BCUT2D eigenvalue weighted by molar-refractivity contribution is -0.144. The van der Waals surface area contributed by atoms with Crippen LogP contribution in [0.15, 0.2) is 60.7 Å². The van der Waals surface area contributed by atoms with Gasteiger partial charge in [0.25, 0.3) is 0 Å². The minimum atomic E-state index is -3.60. The lowest BCUT2D eigenvalue weighted by Crippen LogP contribution is -2.62. The summed E-state index contributed by atoms with van der Waals surface area (Å²) in [5.41, 5.74) is 1.83. The Kier molecular flexibility index (Phi) is 9.04. The summed E-state index contributed by atoms with van der Waals surface area (Å²) in [5, 5.41) is 8.72. The first-order chi connectivity index (χ1) is 18.6. The zero-order valence-electron chi connectivity index (χ0n) is 22.5. The number of benzene rings is 2. The molecule has 0 radical (unpaired) electrons. The smallest absolute Gasteiger partial charge is 0.247 e. The molecule has 4 rings (SSSR count). The summed E-state index contributed by atoms with van der Waals surface area (Å²) in [5.74, 6) is -1.15. The number of sulfonamides is 1. The highest BCUT2D eigenvalue weighted by Crippen LogP contribution is 2.31. The summed E-state index contributed by atoms with van der Waals surface area (Å²) < 4.78 is 26.1. The van der Waals surface area contributed by atoms with E-state index >= 15 is 0 Å². The van der Waals surface area contributed by atoms with Gasteiger partial charge in [0.05, 0.1) is 18.3 Å². The first kappa shape index (κ1) is 28.7. The first-order valence-electron chi connectivity index (χ1n) is 13.3. The third kappa shape index (κ3) is 6.66. The molecule has 2 fully saturated rings. The molecule has 4 atom stereocenters. The lowest BCUT2D eigenvalue weighted by Gasteiger charge is -2.38. The maximum absolute atomic E-state index is 13.9. The Morgan fingerprint density at radius 2 is 1.54 bits per heavy atom. The quantitative estimate of drug-likeness (QED) is 0.446. The van der Waals surface area contributed by atoms with Crippen LogP contribution in [-0.2, 0) is 24.4 Å². The van der Waals surface area contributed by atoms with Gasteiger partial charge in [-0.25, -0.2) is 8.42 Å². The van der Waals surface area contributed by atoms with E-state index in [0.29, 0.717) is 19.3 Å². The number of carbonyl (C=O) groups excluding carboxylic acids is 3. The van der Waals surface area contributed by atoms with Crippen molar-refractivity contribution in [2.24, 2.45) is 0 Å². The molecule has 39 heavy (non-hydrogen) atoms. The van der Waals surface area contributed by atoms with Crippen molar-refractivity contribution in [2.45, 2.75) is 56.4 Å². The molecule has 2 aliphatic heterocycles. The predicted molar refractivity (Wildman–Crippen MR) is 148 cm³/mol. The van der Waals surface area contributed by atoms with Crippen molar-refractivity contribution >= 4 is 27.7 Å². The Bertz CT molecular complexity index is 1230. The van der Waals surface area contributed by atoms with Crippen molar-refractivity contribution in [3.63, 3.8) is 0 Å². The van der Waals surface area contributed by atoms with Crippen molar-refractivity contribution in [3.05, 3.63) is 71.8 Å². The Balaban J connectivity index is 1.61. The van der Waals surface area contributed by atoms with Gasteiger partial charge in [-0.15, -0.1) is 0 Å². The number of fused-ring (bicyclic) bond motifs is 1. The third-order valence-corrected chi connectivity index (χ3v) is 8.89.